The summed E-state index contributed by atoms with van der Waals surface area (Å²) in [5.41, 5.74) is 5.44. The van der Waals surface area contributed by atoms with Crippen molar-refractivity contribution in [3.8, 4) is 0 Å². The lowest BCUT2D eigenvalue weighted by Gasteiger charge is -2.30. The molecule has 0 spiro atoms. The molecule has 1 saturated heterocycles. The number of piperidine rings is 1. The maximum Gasteiger partial charge on any atom is 0.00725 e. The lowest BCUT2D eigenvalue weighted by atomic mass is 10.0. The smallest absolute Gasteiger partial charge is 0.00725 e. The second kappa shape index (κ2) is 6.68. The summed E-state index contributed by atoms with van der Waals surface area (Å²) >= 11 is 1.98. The Kier molecular flexibility index (Phi) is 5.83. The van der Waals surface area contributed by atoms with E-state index in [2.05, 4.69) is 11.8 Å². The summed E-state index contributed by atoms with van der Waals surface area (Å²) in [6, 6.07) is 0. The van der Waals surface area contributed by atoms with Crippen LogP contribution in [0.15, 0.2) is 0 Å². The molecule has 1 rings (SSSR count). The minimum Gasteiger partial charge on any atom is -0.330 e. The van der Waals surface area contributed by atoms with Gasteiger partial charge < -0.3 is 10.6 Å². The normalized spacial score (nSPS) is 24.9. The lowest BCUT2D eigenvalue weighted by molar-refractivity contribution is 0.194. The molecule has 1 fully saturated rings. The van der Waals surface area contributed by atoms with Crippen LogP contribution in [0.5, 0.6) is 0 Å². The Morgan fingerprint density at radius 3 is 3.00 bits per heavy atom. The Balaban J connectivity index is 2.00. The van der Waals surface area contributed by atoms with Gasteiger partial charge in [0.15, 0.2) is 0 Å². The van der Waals surface area contributed by atoms with Gasteiger partial charge in [0.2, 0.25) is 0 Å². The average Bonchev–Trinajstić information content (AvgIpc) is 2.13. The van der Waals surface area contributed by atoms with Crippen LogP contribution in [0.3, 0.4) is 0 Å². The molecule has 1 heterocycles. The second-order valence-electron chi connectivity index (χ2n) is 3.95. The Morgan fingerprint density at radius 1 is 1.46 bits per heavy atom. The molecule has 0 radical (unpaired) electrons. The Hall–Kier alpha value is 0.270. The molecule has 13 heavy (non-hydrogen) atoms. The Labute approximate surface area is 86.2 Å². The minimum atomic E-state index is 0.821. The molecule has 0 bridgehead atoms. The fourth-order valence-electron chi connectivity index (χ4n) is 1.87. The van der Waals surface area contributed by atoms with Crippen molar-refractivity contribution in [2.24, 2.45) is 11.7 Å². The van der Waals surface area contributed by atoms with Crippen molar-refractivity contribution in [2.45, 2.75) is 19.8 Å². The molecule has 0 saturated carbocycles. The maximum absolute atomic E-state index is 5.44. The van der Waals surface area contributed by atoms with Gasteiger partial charge in [-0.25, -0.2) is 0 Å². The molecule has 0 aromatic rings. The minimum absolute atomic E-state index is 0.821. The van der Waals surface area contributed by atoms with Crippen LogP contribution < -0.4 is 5.73 Å². The van der Waals surface area contributed by atoms with Crippen molar-refractivity contribution >= 4 is 11.8 Å². The Morgan fingerprint density at radius 2 is 2.31 bits per heavy atom. The van der Waals surface area contributed by atoms with Crippen LogP contribution in [0.25, 0.3) is 0 Å². The van der Waals surface area contributed by atoms with Crippen LogP contribution in [0.4, 0.5) is 0 Å². The van der Waals surface area contributed by atoms with E-state index in [9.17, 15) is 0 Å². The van der Waals surface area contributed by atoms with Crippen molar-refractivity contribution in [2.75, 3.05) is 37.7 Å². The van der Waals surface area contributed by atoms with Crippen molar-refractivity contribution < 1.29 is 0 Å². The molecule has 1 atom stereocenters. The van der Waals surface area contributed by atoms with Crippen molar-refractivity contribution in [1.82, 2.24) is 4.90 Å². The first-order chi connectivity index (χ1) is 6.33. The number of likely N-dealkylation sites (tertiary alicyclic amines) is 1. The summed E-state index contributed by atoms with van der Waals surface area (Å²) in [4.78, 5) is 2.59. The predicted octanol–water partition coefficient (Wildman–Crippen LogP) is 1.41. The fraction of sp³-hybridized carbons (Fsp3) is 1.00. The highest BCUT2D eigenvalue weighted by molar-refractivity contribution is 7.99. The third-order valence-electron chi connectivity index (χ3n) is 2.56. The molecule has 1 aliphatic rings. The van der Waals surface area contributed by atoms with Crippen molar-refractivity contribution in [3.63, 3.8) is 0 Å². The number of rotatable bonds is 5. The van der Waals surface area contributed by atoms with Gasteiger partial charge in [-0.3, -0.25) is 0 Å². The molecule has 3 heteroatoms. The molecule has 1 unspecified atom stereocenters. The number of hydrogen-bond acceptors (Lipinski definition) is 3. The van der Waals surface area contributed by atoms with Gasteiger partial charge in [-0.15, -0.1) is 0 Å². The zero-order valence-corrected chi connectivity index (χ0v) is 9.48. The van der Waals surface area contributed by atoms with Crippen LogP contribution in [0.2, 0.25) is 0 Å². The molecule has 2 N–H and O–H groups in total. The monoisotopic (exact) mass is 202 g/mol. The predicted molar refractivity (Wildman–Crippen MR) is 61.2 cm³/mol. The van der Waals surface area contributed by atoms with E-state index < -0.39 is 0 Å². The molecular weight excluding hydrogens is 180 g/mol. The van der Waals surface area contributed by atoms with E-state index in [0.29, 0.717) is 0 Å². The van der Waals surface area contributed by atoms with Gasteiger partial charge in [0.25, 0.3) is 0 Å². The summed E-state index contributed by atoms with van der Waals surface area (Å²) < 4.78 is 0. The summed E-state index contributed by atoms with van der Waals surface area (Å²) in [5, 5.41) is 0. The SMILES string of the molecule is CC1CCCN(CCSCCN)C1. The van der Waals surface area contributed by atoms with E-state index in [-0.39, 0.29) is 0 Å². The first-order valence-corrected chi connectivity index (χ1v) is 6.48. The highest BCUT2D eigenvalue weighted by Crippen LogP contribution is 2.15. The zero-order valence-electron chi connectivity index (χ0n) is 8.67. The molecule has 2 nitrogen and oxygen atoms in total. The number of hydrogen-bond donors (Lipinski definition) is 1. The van der Waals surface area contributed by atoms with Crippen LogP contribution in [-0.2, 0) is 0 Å². The third kappa shape index (κ3) is 4.89. The molecule has 78 valence electrons. The van der Waals surface area contributed by atoms with Gasteiger partial charge in [0.05, 0.1) is 0 Å². The highest BCUT2D eigenvalue weighted by Gasteiger charge is 2.14. The van der Waals surface area contributed by atoms with Crippen LogP contribution in [-0.4, -0.2) is 42.6 Å². The van der Waals surface area contributed by atoms with Gasteiger partial charge in [-0.05, 0) is 25.3 Å². The quantitative estimate of drug-likeness (QED) is 0.684. The van der Waals surface area contributed by atoms with Crippen molar-refractivity contribution in [3.05, 3.63) is 0 Å². The first-order valence-electron chi connectivity index (χ1n) is 5.33. The standard InChI is InChI=1S/C10H22N2S/c1-10-3-2-5-12(9-10)6-8-13-7-4-11/h10H,2-9,11H2,1H3. The zero-order chi connectivity index (χ0) is 9.52. The summed E-state index contributed by atoms with van der Waals surface area (Å²) in [6.07, 6.45) is 2.81. The largest absolute Gasteiger partial charge is 0.330 e. The van der Waals surface area contributed by atoms with E-state index in [1.54, 1.807) is 0 Å². The summed E-state index contributed by atoms with van der Waals surface area (Å²) in [6.45, 7) is 7.06. The summed E-state index contributed by atoms with van der Waals surface area (Å²) in [5.74, 6) is 3.28. The topological polar surface area (TPSA) is 29.3 Å². The number of nitrogens with zero attached hydrogens (tertiary/aromatic N) is 1. The van der Waals surface area contributed by atoms with E-state index in [4.69, 9.17) is 5.73 Å². The van der Waals surface area contributed by atoms with E-state index in [0.717, 1.165) is 18.2 Å². The van der Waals surface area contributed by atoms with Crippen LogP contribution >= 0.6 is 11.8 Å². The van der Waals surface area contributed by atoms with Gasteiger partial charge in [0, 0.05) is 31.1 Å². The fourth-order valence-corrected chi connectivity index (χ4v) is 2.63. The summed E-state index contributed by atoms with van der Waals surface area (Å²) in [7, 11) is 0. The number of thioether (sulfide) groups is 1. The van der Waals surface area contributed by atoms with Crippen molar-refractivity contribution in [1.29, 1.82) is 0 Å². The third-order valence-corrected chi connectivity index (χ3v) is 3.55. The van der Waals surface area contributed by atoms with Gasteiger partial charge >= 0.3 is 0 Å². The van der Waals surface area contributed by atoms with E-state index in [1.807, 2.05) is 11.8 Å². The first kappa shape index (κ1) is 11.3. The van der Waals surface area contributed by atoms with Gasteiger partial charge in [-0.1, -0.05) is 6.92 Å². The second-order valence-corrected chi connectivity index (χ2v) is 5.17. The van der Waals surface area contributed by atoms with E-state index >= 15 is 0 Å². The Bertz CT molecular complexity index is 130. The van der Waals surface area contributed by atoms with E-state index in [1.165, 1.54) is 38.2 Å². The molecule has 0 aliphatic carbocycles. The van der Waals surface area contributed by atoms with Gasteiger partial charge in [-0.2, -0.15) is 11.8 Å². The average molecular weight is 202 g/mol. The molecule has 1 aliphatic heterocycles. The maximum atomic E-state index is 5.44. The van der Waals surface area contributed by atoms with Gasteiger partial charge in [0.1, 0.15) is 0 Å². The van der Waals surface area contributed by atoms with Crippen LogP contribution in [0, 0.1) is 5.92 Å². The van der Waals surface area contributed by atoms with Crippen LogP contribution in [0.1, 0.15) is 19.8 Å². The lowest BCUT2D eigenvalue weighted by Crippen LogP contribution is -2.35. The molecule has 0 amide bonds. The molecular formula is C10H22N2S. The number of nitrogens with two attached hydrogens (primary N) is 1. The molecule has 0 aromatic heterocycles. The molecule has 0 aromatic carbocycles. The highest BCUT2D eigenvalue weighted by atomic mass is 32.2.